The number of halogens is 1. The average molecular weight is 421 g/mol. The zero-order valence-electron chi connectivity index (χ0n) is 16.2. The molecule has 2 aromatic carbocycles. The molecule has 3 rings (SSSR count). The van der Waals surface area contributed by atoms with Gasteiger partial charge in [0, 0.05) is 18.8 Å². The van der Waals surface area contributed by atoms with E-state index in [1.807, 2.05) is 32.0 Å². The Balaban J connectivity index is 1.90. The maximum atomic E-state index is 13.0. The molecular formula is C21H25ClN2O3S. The number of rotatable bonds is 4. The lowest BCUT2D eigenvalue weighted by Gasteiger charge is -2.20. The van der Waals surface area contributed by atoms with Crippen LogP contribution in [0.15, 0.2) is 41.3 Å². The second kappa shape index (κ2) is 8.64. The smallest absolute Gasteiger partial charge is 0.257 e. The highest BCUT2D eigenvalue weighted by Crippen LogP contribution is 2.26. The fourth-order valence-electron chi connectivity index (χ4n) is 3.33. The molecule has 0 atom stereocenters. The molecule has 1 aliphatic heterocycles. The highest BCUT2D eigenvalue weighted by atomic mass is 35.5. The summed E-state index contributed by atoms with van der Waals surface area (Å²) in [5, 5.41) is 3.06. The molecule has 2 aromatic rings. The molecule has 0 saturated carbocycles. The summed E-state index contributed by atoms with van der Waals surface area (Å²) >= 11 is 6.22. The number of anilines is 1. The first-order valence-electron chi connectivity index (χ1n) is 9.47. The van der Waals surface area contributed by atoms with Gasteiger partial charge in [-0.1, -0.05) is 36.6 Å². The van der Waals surface area contributed by atoms with E-state index in [0.29, 0.717) is 18.8 Å². The summed E-state index contributed by atoms with van der Waals surface area (Å²) in [6.07, 6.45) is 3.78. The van der Waals surface area contributed by atoms with Crippen molar-refractivity contribution in [1.29, 1.82) is 0 Å². The molecule has 0 bridgehead atoms. The SMILES string of the molecule is Cc1ccc(C)c(NC(=O)c2cc(S(=O)(=O)N3CCCCCC3)ccc2Cl)c1. The van der Waals surface area contributed by atoms with Gasteiger partial charge in [-0.2, -0.15) is 4.31 Å². The van der Waals surface area contributed by atoms with Gasteiger partial charge in [0.2, 0.25) is 10.0 Å². The van der Waals surface area contributed by atoms with Gasteiger partial charge in [-0.05, 0) is 62.1 Å². The van der Waals surface area contributed by atoms with Crippen LogP contribution in [-0.4, -0.2) is 31.7 Å². The van der Waals surface area contributed by atoms with Crippen LogP contribution in [0.1, 0.15) is 47.2 Å². The van der Waals surface area contributed by atoms with Crippen LogP contribution >= 0.6 is 11.6 Å². The second-order valence-electron chi connectivity index (χ2n) is 7.23. The maximum Gasteiger partial charge on any atom is 0.257 e. The third kappa shape index (κ3) is 4.57. The Morgan fingerprint density at radius 2 is 1.68 bits per heavy atom. The minimum atomic E-state index is -3.65. The van der Waals surface area contributed by atoms with Gasteiger partial charge >= 0.3 is 0 Å². The fourth-order valence-corrected chi connectivity index (χ4v) is 5.08. The molecule has 1 saturated heterocycles. The van der Waals surface area contributed by atoms with Gasteiger partial charge in [0.15, 0.2) is 0 Å². The number of hydrogen-bond donors (Lipinski definition) is 1. The minimum absolute atomic E-state index is 0.102. The van der Waals surface area contributed by atoms with Gasteiger partial charge in [0.25, 0.3) is 5.91 Å². The van der Waals surface area contributed by atoms with Crippen molar-refractivity contribution in [1.82, 2.24) is 4.31 Å². The van der Waals surface area contributed by atoms with Crippen molar-refractivity contribution in [2.75, 3.05) is 18.4 Å². The quantitative estimate of drug-likeness (QED) is 0.774. The van der Waals surface area contributed by atoms with Crippen molar-refractivity contribution in [3.05, 3.63) is 58.1 Å². The molecule has 0 radical (unpaired) electrons. The summed E-state index contributed by atoms with van der Waals surface area (Å²) < 4.78 is 27.6. The molecule has 1 fully saturated rings. The zero-order chi connectivity index (χ0) is 20.3. The topological polar surface area (TPSA) is 66.5 Å². The van der Waals surface area contributed by atoms with Gasteiger partial charge in [0.1, 0.15) is 0 Å². The van der Waals surface area contributed by atoms with Crippen molar-refractivity contribution >= 4 is 33.2 Å². The van der Waals surface area contributed by atoms with E-state index in [4.69, 9.17) is 11.6 Å². The van der Waals surface area contributed by atoms with E-state index in [1.54, 1.807) is 0 Å². The molecule has 0 aliphatic carbocycles. The molecular weight excluding hydrogens is 396 g/mol. The van der Waals surface area contributed by atoms with Crippen LogP contribution in [0.2, 0.25) is 5.02 Å². The Hall–Kier alpha value is -1.89. The number of carbonyl (C=O) groups is 1. The number of nitrogens with one attached hydrogen (secondary N) is 1. The van der Waals surface area contributed by atoms with E-state index >= 15 is 0 Å². The first-order valence-corrected chi connectivity index (χ1v) is 11.3. The summed E-state index contributed by atoms with van der Waals surface area (Å²) in [6, 6.07) is 10.1. The van der Waals surface area contributed by atoms with Gasteiger partial charge < -0.3 is 5.32 Å². The molecule has 28 heavy (non-hydrogen) atoms. The van der Waals surface area contributed by atoms with Gasteiger partial charge in [0.05, 0.1) is 15.5 Å². The van der Waals surface area contributed by atoms with E-state index in [-0.39, 0.29) is 15.5 Å². The highest BCUT2D eigenvalue weighted by Gasteiger charge is 2.26. The normalized spacial score (nSPS) is 15.8. The predicted molar refractivity (Wildman–Crippen MR) is 113 cm³/mol. The molecule has 1 N–H and O–H groups in total. The molecule has 1 heterocycles. The van der Waals surface area contributed by atoms with Crippen molar-refractivity contribution in [3.8, 4) is 0 Å². The molecule has 1 amide bonds. The number of amides is 1. The summed E-state index contributed by atoms with van der Waals surface area (Å²) in [7, 11) is -3.65. The number of aryl methyl sites for hydroxylation is 2. The maximum absolute atomic E-state index is 13.0. The monoisotopic (exact) mass is 420 g/mol. The first-order chi connectivity index (χ1) is 13.3. The third-order valence-electron chi connectivity index (χ3n) is 5.03. The summed E-state index contributed by atoms with van der Waals surface area (Å²) in [5.74, 6) is -0.424. The largest absolute Gasteiger partial charge is 0.322 e. The van der Waals surface area contributed by atoms with E-state index in [1.165, 1.54) is 22.5 Å². The van der Waals surface area contributed by atoms with Crippen LogP contribution in [-0.2, 0) is 10.0 Å². The minimum Gasteiger partial charge on any atom is -0.322 e. The lowest BCUT2D eigenvalue weighted by atomic mass is 10.1. The van der Waals surface area contributed by atoms with Crippen LogP contribution < -0.4 is 5.32 Å². The zero-order valence-corrected chi connectivity index (χ0v) is 17.7. The van der Waals surface area contributed by atoms with Crippen molar-refractivity contribution in [2.24, 2.45) is 0 Å². The van der Waals surface area contributed by atoms with E-state index in [0.717, 1.165) is 36.8 Å². The van der Waals surface area contributed by atoms with Crippen LogP contribution in [0.4, 0.5) is 5.69 Å². The number of sulfonamides is 1. The Morgan fingerprint density at radius 1 is 1.00 bits per heavy atom. The van der Waals surface area contributed by atoms with Crippen molar-refractivity contribution in [2.45, 2.75) is 44.4 Å². The second-order valence-corrected chi connectivity index (χ2v) is 9.58. The fraction of sp³-hybridized carbons (Fsp3) is 0.381. The first kappa shape index (κ1) is 20.8. The third-order valence-corrected chi connectivity index (χ3v) is 7.25. The van der Waals surface area contributed by atoms with Crippen LogP contribution in [0, 0.1) is 13.8 Å². The molecule has 7 heteroatoms. The lowest BCUT2D eigenvalue weighted by Crippen LogP contribution is -2.32. The number of benzene rings is 2. The molecule has 0 spiro atoms. The Kier molecular flexibility index (Phi) is 6.43. The van der Waals surface area contributed by atoms with E-state index in [2.05, 4.69) is 5.32 Å². The van der Waals surface area contributed by atoms with Crippen LogP contribution in [0.3, 0.4) is 0 Å². The summed E-state index contributed by atoms with van der Waals surface area (Å²) in [6.45, 7) is 4.86. The molecule has 0 unspecified atom stereocenters. The molecule has 5 nitrogen and oxygen atoms in total. The lowest BCUT2D eigenvalue weighted by molar-refractivity contribution is 0.102. The van der Waals surface area contributed by atoms with E-state index < -0.39 is 15.9 Å². The summed E-state index contributed by atoms with van der Waals surface area (Å²) in [5.41, 5.74) is 2.77. The Morgan fingerprint density at radius 3 is 2.36 bits per heavy atom. The number of carbonyl (C=O) groups excluding carboxylic acids is 1. The van der Waals surface area contributed by atoms with Crippen molar-refractivity contribution in [3.63, 3.8) is 0 Å². The number of nitrogens with zero attached hydrogens (tertiary/aromatic N) is 1. The van der Waals surface area contributed by atoms with Crippen LogP contribution in [0.5, 0.6) is 0 Å². The molecule has 0 aromatic heterocycles. The highest BCUT2D eigenvalue weighted by molar-refractivity contribution is 7.89. The van der Waals surface area contributed by atoms with Gasteiger partial charge in [-0.15, -0.1) is 0 Å². The Labute approximate surface area is 171 Å². The average Bonchev–Trinajstić information content (AvgIpc) is 2.95. The van der Waals surface area contributed by atoms with Crippen LogP contribution in [0.25, 0.3) is 0 Å². The standard InChI is InChI=1S/C21H25ClN2O3S/c1-15-7-8-16(2)20(13-15)23-21(25)18-14-17(9-10-19(18)22)28(26,27)24-11-5-3-4-6-12-24/h7-10,13-14H,3-6,11-12H2,1-2H3,(H,23,25). The predicted octanol–water partition coefficient (Wildman–Crippen LogP) is 4.77. The van der Waals surface area contributed by atoms with Gasteiger partial charge in [-0.3, -0.25) is 4.79 Å². The summed E-state index contributed by atoms with van der Waals surface area (Å²) in [4.78, 5) is 12.9. The Bertz CT molecular complexity index is 981. The van der Waals surface area contributed by atoms with E-state index in [9.17, 15) is 13.2 Å². The number of hydrogen-bond acceptors (Lipinski definition) is 3. The molecule has 1 aliphatic rings. The van der Waals surface area contributed by atoms with Gasteiger partial charge in [-0.25, -0.2) is 8.42 Å². The van der Waals surface area contributed by atoms with Crippen molar-refractivity contribution < 1.29 is 13.2 Å². The molecule has 150 valence electrons.